The van der Waals surface area contributed by atoms with Crippen LogP contribution in [0.25, 0.3) is 6.08 Å². The molecule has 0 saturated heterocycles. The zero-order chi connectivity index (χ0) is 13.9. The second-order valence-electron chi connectivity index (χ2n) is 4.68. The minimum absolute atomic E-state index is 0.135. The molecule has 0 aliphatic carbocycles. The summed E-state index contributed by atoms with van der Waals surface area (Å²) in [4.78, 5) is 0. The number of rotatable bonds is 3. The number of nitrogens with one attached hydrogen (secondary N) is 1. The summed E-state index contributed by atoms with van der Waals surface area (Å²) in [6, 6.07) is 14.6. The maximum atomic E-state index is 5.41. The van der Waals surface area contributed by atoms with Gasteiger partial charge in [0.15, 0.2) is 11.5 Å². The van der Waals surface area contributed by atoms with Crippen LogP contribution in [0.4, 0.5) is 0 Å². The van der Waals surface area contributed by atoms with Gasteiger partial charge in [0.1, 0.15) is 0 Å². The Kier molecular flexibility index (Phi) is 3.33. The Balaban J connectivity index is 2.11. The third-order valence-corrected chi connectivity index (χ3v) is 3.56. The quantitative estimate of drug-likeness (QED) is 0.925. The van der Waals surface area contributed by atoms with E-state index in [4.69, 9.17) is 9.47 Å². The molecule has 0 fully saturated rings. The van der Waals surface area contributed by atoms with E-state index in [1.807, 2.05) is 24.4 Å². The van der Waals surface area contributed by atoms with Crippen LogP contribution in [-0.2, 0) is 0 Å². The molecule has 1 atom stereocenters. The second kappa shape index (κ2) is 5.29. The van der Waals surface area contributed by atoms with Gasteiger partial charge < -0.3 is 14.8 Å². The zero-order valence-corrected chi connectivity index (χ0v) is 11.6. The van der Waals surface area contributed by atoms with Crippen LogP contribution in [0.5, 0.6) is 11.5 Å². The Morgan fingerprint density at radius 1 is 0.950 bits per heavy atom. The molecule has 102 valence electrons. The van der Waals surface area contributed by atoms with Crippen LogP contribution in [0.1, 0.15) is 22.7 Å². The van der Waals surface area contributed by atoms with Crippen molar-refractivity contribution < 1.29 is 9.47 Å². The highest BCUT2D eigenvalue weighted by molar-refractivity contribution is 5.64. The minimum Gasteiger partial charge on any atom is -0.493 e. The van der Waals surface area contributed by atoms with Crippen LogP contribution in [0.2, 0.25) is 0 Å². The fourth-order valence-corrected chi connectivity index (χ4v) is 2.55. The summed E-state index contributed by atoms with van der Waals surface area (Å²) in [6.07, 6.45) is 4.03. The topological polar surface area (TPSA) is 30.5 Å². The summed E-state index contributed by atoms with van der Waals surface area (Å²) in [7, 11) is 3.32. The van der Waals surface area contributed by atoms with E-state index in [-0.39, 0.29) is 6.04 Å². The van der Waals surface area contributed by atoms with Crippen LogP contribution in [-0.4, -0.2) is 14.2 Å². The van der Waals surface area contributed by atoms with Gasteiger partial charge in [0.25, 0.3) is 0 Å². The van der Waals surface area contributed by atoms with Gasteiger partial charge in [-0.2, -0.15) is 0 Å². The molecule has 3 rings (SSSR count). The zero-order valence-electron chi connectivity index (χ0n) is 11.6. The highest BCUT2D eigenvalue weighted by Gasteiger charge is 2.21. The van der Waals surface area contributed by atoms with E-state index in [2.05, 4.69) is 35.7 Å². The van der Waals surface area contributed by atoms with E-state index in [0.29, 0.717) is 0 Å². The van der Waals surface area contributed by atoms with Crippen molar-refractivity contribution in [2.75, 3.05) is 14.2 Å². The van der Waals surface area contributed by atoms with Gasteiger partial charge in [-0.05, 0) is 41.1 Å². The molecule has 0 amide bonds. The number of hydrogen-bond donors (Lipinski definition) is 1. The highest BCUT2D eigenvalue weighted by atomic mass is 16.5. The predicted molar refractivity (Wildman–Crippen MR) is 80.0 cm³/mol. The van der Waals surface area contributed by atoms with Crippen LogP contribution in [0.15, 0.2) is 48.7 Å². The fourth-order valence-electron chi connectivity index (χ4n) is 2.55. The van der Waals surface area contributed by atoms with Crippen molar-refractivity contribution in [2.24, 2.45) is 0 Å². The molecular formula is C17H17NO2. The molecule has 0 spiro atoms. The first kappa shape index (κ1) is 12.6. The molecule has 3 heteroatoms. The van der Waals surface area contributed by atoms with E-state index < -0.39 is 0 Å². The third kappa shape index (κ3) is 2.11. The van der Waals surface area contributed by atoms with Crippen molar-refractivity contribution in [2.45, 2.75) is 6.04 Å². The molecule has 0 bridgehead atoms. The largest absolute Gasteiger partial charge is 0.493 e. The number of hydrogen-bond acceptors (Lipinski definition) is 3. The summed E-state index contributed by atoms with van der Waals surface area (Å²) in [5.74, 6) is 1.51. The monoisotopic (exact) mass is 267 g/mol. The van der Waals surface area contributed by atoms with Gasteiger partial charge in [-0.1, -0.05) is 30.3 Å². The average Bonchev–Trinajstić information content (AvgIpc) is 2.53. The molecule has 1 aliphatic heterocycles. The number of fused-ring (bicyclic) bond motifs is 1. The van der Waals surface area contributed by atoms with Crippen LogP contribution >= 0.6 is 0 Å². The first-order chi connectivity index (χ1) is 9.83. The summed E-state index contributed by atoms with van der Waals surface area (Å²) < 4.78 is 10.8. The van der Waals surface area contributed by atoms with E-state index >= 15 is 0 Å². The molecule has 1 unspecified atom stereocenters. The summed E-state index contributed by atoms with van der Waals surface area (Å²) in [5, 5.41) is 3.40. The lowest BCUT2D eigenvalue weighted by atomic mass is 9.92. The lowest BCUT2D eigenvalue weighted by Gasteiger charge is -2.25. The standard InChI is InChI=1S/C17H17NO2/c1-19-15-10-13-8-9-18-17(12-6-4-3-5-7-12)14(13)11-16(15)20-2/h3-11,17-18H,1-2H3. The fraction of sp³-hybridized carbons (Fsp3) is 0.176. The predicted octanol–water partition coefficient (Wildman–Crippen LogP) is 3.37. The van der Waals surface area contributed by atoms with Crippen LogP contribution < -0.4 is 14.8 Å². The second-order valence-corrected chi connectivity index (χ2v) is 4.68. The molecule has 1 aliphatic rings. The molecule has 1 heterocycles. The molecule has 1 N–H and O–H groups in total. The van der Waals surface area contributed by atoms with Crippen molar-refractivity contribution in [1.29, 1.82) is 0 Å². The number of ether oxygens (including phenoxy) is 2. The van der Waals surface area contributed by atoms with Crippen LogP contribution in [0.3, 0.4) is 0 Å². The average molecular weight is 267 g/mol. The molecule has 0 aromatic heterocycles. The normalized spacial score (nSPS) is 16.2. The molecule has 0 radical (unpaired) electrons. The first-order valence-electron chi connectivity index (χ1n) is 6.57. The van der Waals surface area contributed by atoms with E-state index in [9.17, 15) is 0 Å². The van der Waals surface area contributed by atoms with Crippen molar-refractivity contribution in [3.8, 4) is 11.5 Å². The molecule has 2 aromatic carbocycles. The van der Waals surface area contributed by atoms with Crippen molar-refractivity contribution in [3.05, 3.63) is 65.4 Å². The van der Waals surface area contributed by atoms with E-state index in [0.717, 1.165) is 17.1 Å². The SMILES string of the molecule is COc1cc2c(cc1OC)C(c1ccccc1)NC=C2. The summed E-state index contributed by atoms with van der Waals surface area (Å²) in [5.41, 5.74) is 3.57. The Labute approximate surface area is 118 Å². The van der Waals surface area contributed by atoms with Crippen molar-refractivity contribution in [3.63, 3.8) is 0 Å². The lowest BCUT2D eigenvalue weighted by Crippen LogP contribution is -2.20. The molecular weight excluding hydrogens is 250 g/mol. The summed E-state index contributed by atoms with van der Waals surface area (Å²) >= 11 is 0. The van der Waals surface area contributed by atoms with Crippen molar-refractivity contribution >= 4 is 6.08 Å². The molecule has 0 saturated carbocycles. The smallest absolute Gasteiger partial charge is 0.161 e. The van der Waals surface area contributed by atoms with Gasteiger partial charge in [-0.25, -0.2) is 0 Å². The number of methoxy groups -OCH3 is 2. The molecule has 3 nitrogen and oxygen atoms in total. The first-order valence-corrected chi connectivity index (χ1v) is 6.57. The maximum absolute atomic E-state index is 5.41. The number of benzene rings is 2. The Morgan fingerprint density at radius 3 is 2.35 bits per heavy atom. The summed E-state index contributed by atoms with van der Waals surface area (Å²) in [6.45, 7) is 0. The van der Waals surface area contributed by atoms with Gasteiger partial charge in [0.05, 0.1) is 20.3 Å². The Morgan fingerprint density at radius 2 is 1.65 bits per heavy atom. The minimum atomic E-state index is 0.135. The van der Waals surface area contributed by atoms with E-state index in [1.54, 1.807) is 14.2 Å². The Hall–Kier alpha value is -2.42. The van der Waals surface area contributed by atoms with Crippen LogP contribution in [0, 0.1) is 0 Å². The molecule has 2 aromatic rings. The van der Waals surface area contributed by atoms with Gasteiger partial charge in [-0.3, -0.25) is 0 Å². The van der Waals surface area contributed by atoms with E-state index in [1.165, 1.54) is 11.1 Å². The van der Waals surface area contributed by atoms with Gasteiger partial charge in [0.2, 0.25) is 0 Å². The van der Waals surface area contributed by atoms with Gasteiger partial charge in [0, 0.05) is 0 Å². The maximum Gasteiger partial charge on any atom is 0.161 e. The van der Waals surface area contributed by atoms with Crippen molar-refractivity contribution in [1.82, 2.24) is 5.32 Å². The Bertz CT molecular complexity index is 635. The lowest BCUT2D eigenvalue weighted by molar-refractivity contribution is 0.354. The van der Waals surface area contributed by atoms with Gasteiger partial charge in [-0.15, -0.1) is 0 Å². The molecule has 20 heavy (non-hydrogen) atoms. The highest BCUT2D eigenvalue weighted by Crippen LogP contribution is 2.37. The third-order valence-electron chi connectivity index (χ3n) is 3.56. The van der Waals surface area contributed by atoms with Gasteiger partial charge >= 0.3 is 0 Å².